The van der Waals surface area contributed by atoms with Crippen molar-refractivity contribution in [2.75, 3.05) is 4.90 Å². The third-order valence-corrected chi connectivity index (χ3v) is 16.4. The van der Waals surface area contributed by atoms with Crippen molar-refractivity contribution in [2.45, 2.75) is 127 Å². The Morgan fingerprint density at radius 2 is 1.63 bits per heavy atom. The van der Waals surface area contributed by atoms with Crippen molar-refractivity contribution in [1.82, 2.24) is 0 Å². The highest BCUT2D eigenvalue weighted by Gasteiger charge is 2.50. The van der Waals surface area contributed by atoms with Gasteiger partial charge in [-0.25, -0.2) is 0 Å². The van der Waals surface area contributed by atoms with Gasteiger partial charge in [0.2, 0.25) is 0 Å². The second-order valence-electron chi connectivity index (χ2n) is 20.1. The van der Waals surface area contributed by atoms with Gasteiger partial charge in [-0.15, -0.1) is 0 Å². The Labute approximate surface area is 354 Å². The van der Waals surface area contributed by atoms with E-state index in [0.29, 0.717) is 23.8 Å². The summed E-state index contributed by atoms with van der Waals surface area (Å²) in [7, 11) is 0. The molecule has 300 valence electrons. The molecule has 0 radical (unpaired) electrons. The van der Waals surface area contributed by atoms with E-state index in [0.717, 1.165) is 44.4 Å². The molecule has 9 aliphatic carbocycles. The Morgan fingerprint density at radius 1 is 0.729 bits per heavy atom. The van der Waals surface area contributed by atoms with Crippen molar-refractivity contribution in [3.05, 3.63) is 178 Å². The largest absolute Gasteiger partial charge is 0.358 e. The summed E-state index contributed by atoms with van der Waals surface area (Å²) >= 11 is 0. The first-order valence-corrected chi connectivity index (χ1v) is 23.5. The SMILES string of the molecule is CC1CC=C(c2ccc3c(c2)C2=C(CC(N(c4ccc5c(c4)C(C)(C)C4=C5CCCC4)C4C=CC5C=CC=CC5C4)C=C2)C3(CC2C=CC=CC2)C2=CC=CCC2)CC1. The predicted octanol–water partition coefficient (Wildman–Crippen LogP) is 14.8. The Balaban J connectivity index is 1.05. The molecule has 0 aliphatic heterocycles. The van der Waals surface area contributed by atoms with Crippen LogP contribution in [-0.4, -0.2) is 12.1 Å². The summed E-state index contributed by atoms with van der Waals surface area (Å²) < 4.78 is 0. The van der Waals surface area contributed by atoms with Crippen molar-refractivity contribution >= 4 is 22.4 Å². The van der Waals surface area contributed by atoms with E-state index in [4.69, 9.17) is 0 Å². The van der Waals surface area contributed by atoms with E-state index in [1.165, 1.54) is 72.9 Å². The van der Waals surface area contributed by atoms with Crippen LogP contribution in [0, 0.1) is 23.7 Å². The number of hydrogen-bond acceptors (Lipinski definition) is 1. The summed E-state index contributed by atoms with van der Waals surface area (Å²) in [6, 6.07) is 16.0. The second kappa shape index (κ2) is 14.8. The van der Waals surface area contributed by atoms with Crippen LogP contribution in [0.5, 0.6) is 0 Å². The maximum absolute atomic E-state index is 2.89. The van der Waals surface area contributed by atoms with Crippen LogP contribution < -0.4 is 4.90 Å². The zero-order valence-electron chi connectivity index (χ0n) is 35.8. The molecule has 0 fully saturated rings. The van der Waals surface area contributed by atoms with E-state index in [9.17, 15) is 0 Å². The minimum atomic E-state index is -0.119. The molecule has 0 saturated carbocycles. The van der Waals surface area contributed by atoms with Crippen molar-refractivity contribution in [3.63, 3.8) is 0 Å². The van der Waals surface area contributed by atoms with Gasteiger partial charge in [0.1, 0.15) is 0 Å². The molecule has 7 unspecified atom stereocenters. The molecule has 0 aromatic heterocycles. The lowest BCUT2D eigenvalue weighted by molar-refractivity contribution is 0.410. The van der Waals surface area contributed by atoms with Gasteiger partial charge in [0, 0.05) is 28.5 Å². The molecule has 7 atom stereocenters. The number of anilines is 1. The average molecular weight is 774 g/mol. The number of fused-ring (bicyclic) bond motifs is 5. The highest BCUT2D eigenvalue weighted by atomic mass is 15.2. The van der Waals surface area contributed by atoms with Crippen LogP contribution in [0.1, 0.15) is 132 Å². The molecule has 11 rings (SSSR count). The van der Waals surface area contributed by atoms with Crippen LogP contribution in [0.4, 0.5) is 5.69 Å². The van der Waals surface area contributed by atoms with Crippen LogP contribution >= 0.6 is 0 Å². The average Bonchev–Trinajstić information content (AvgIpc) is 3.68. The molecule has 0 spiro atoms. The predicted molar refractivity (Wildman–Crippen MR) is 251 cm³/mol. The Kier molecular flexibility index (Phi) is 9.40. The number of allylic oxidation sites excluding steroid dienone is 19. The molecule has 0 amide bonds. The van der Waals surface area contributed by atoms with Crippen LogP contribution in [0.3, 0.4) is 0 Å². The van der Waals surface area contributed by atoms with E-state index in [2.05, 4.69) is 159 Å². The summed E-state index contributed by atoms with van der Waals surface area (Å²) in [5, 5.41) is 0. The summed E-state index contributed by atoms with van der Waals surface area (Å²) in [5.41, 5.74) is 18.7. The second-order valence-corrected chi connectivity index (χ2v) is 20.1. The highest BCUT2D eigenvalue weighted by Crippen LogP contribution is 2.60. The third-order valence-electron chi connectivity index (χ3n) is 16.4. The number of nitrogens with zero attached hydrogens (tertiary/aromatic N) is 1. The molecule has 0 N–H and O–H groups in total. The molecule has 9 aliphatic rings. The summed E-state index contributed by atoms with van der Waals surface area (Å²) in [4.78, 5) is 2.89. The fourth-order valence-corrected chi connectivity index (χ4v) is 13.2. The van der Waals surface area contributed by atoms with Crippen molar-refractivity contribution in [2.24, 2.45) is 23.7 Å². The lowest BCUT2D eigenvalue weighted by Gasteiger charge is -2.46. The van der Waals surface area contributed by atoms with Crippen LogP contribution in [0.15, 0.2) is 150 Å². The Morgan fingerprint density at radius 3 is 2.47 bits per heavy atom. The van der Waals surface area contributed by atoms with Crippen LogP contribution in [-0.2, 0) is 10.8 Å². The highest BCUT2D eigenvalue weighted by molar-refractivity contribution is 5.91. The van der Waals surface area contributed by atoms with Gasteiger partial charge in [0.15, 0.2) is 0 Å². The summed E-state index contributed by atoms with van der Waals surface area (Å²) in [6.07, 6.45) is 54.6. The van der Waals surface area contributed by atoms with E-state index in [-0.39, 0.29) is 16.9 Å². The molecule has 0 bridgehead atoms. The monoisotopic (exact) mass is 773 g/mol. The molecule has 1 heteroatoms. The molecule has 59 heavy (non-hydrogen) atoms. The van der Waals surface area contributed by atoms with Crippen molar-refractivity contribution in [3.8, 4) is 0 Å². The normalized spacial score (nSPS) is 32.1. The number of rotatable bonds is 7. The first-order valence-electron chi connectivity index (χ1n) is 23.5. The van der Waals surface area contributed by atoms with E-state index in [1.54, 1.807) is 39.0 Å². The molecular formula is C58H63N. The van der Waals surface area contributed by atoms with Gasteiger partial charge in [-0.1, -0.05) is 147 Å². The minimum absolute atomic E-state index is 0.0873. The fraction of sp³-hybridized carbons (Fsp3) is 0.414. The minimum Gasteiger partial charge on any atom is -0.358 e. The first kappa shape index (κ1) is 37.4. The Bertz CT molecular complexity index is 2400. The van der Waals surface area contributed by atoms with Gasteiger partial charge in [-0.3, -0.25) is 0 Å². The van der Waals surface area contributed by atoms with Gasteiger partial charge in [-0.05, 0) is 170 Å². The maximum Gasteiger partial charge on any atom is 0.0520 e. The molecule has 0 saturated heterocycles. The zero-order valence-corrected chi connectivity index (χ0v) is 35.8. The third kappa shape index (κ3) is 6.23. The smallest absolute Gasteiger partial charge is 0.0520 e. The van der Waals surface area contributed by atoms with Crippen molar-refractivity contribution < 1.29 is 0 Å². The first-order chi connectivity index (χ1) is 28.9. The topological polar surface area (TPSA) is 3.24 Å². The molecule has 1 nitrogen and oxygen atoms in total. The molecule has 2 aromatic rings. The molecular weight excluding hydrogens is 711 g/mol. The lowest BCUT2D eigenvalue weighted by Crippen LogP contribution is -2.46. The van der Waals surface area contributed by atoms with Crippen LogP contribution in [0.2, 0.25) is 0 Å². The quantitative estimate of drug-likeness (QED) is 0.253. The summed E-state index contributed by atoms with van der Waals surface area (Å²) in [5.74, 6) is 2.34. The van der Waals surface area contributed by atoms with Gasteiger partial charge >= 0.3 is 0 Å². The zero-order chi connectivity index (χ0) is 39.7. The number of benzene rings is 2. The van der Waals surface area contributed by atoms with Gasteiger partial charge in [0.25, 0.3) is 0 Å². The molecule has 2 aromatic carbocycles. The standard InChI is InChI=1S/C58H63N/c1-39-22-24-42(25-23-39)44-27-33-54-52(35-44)51-32-30-48(37-56(51)58(54,45-18-8-5-9-19-45)38-40-14-6-4-7-15-40)59(46-28-26-41-16-10-11-17-43(41)34-46)47-29-31-50-49-20-12-13-21-53(49)57(2,3)55(50)36-47/h4-8,10-11,14,16-18,24,26-33,35-36,39-41,43,46,48H,9,12-13,15,19-23,25,34,37-38H2,1-3H3. The van der Waals surface area contributed by atoms with E-state index >= 15 is 0 Å². The van der Waals surface area contributed by atoms with Crippen LogP contribution in [0.25, 0.3) is 16.7 Å². The van der Waals surface area contributed by atoms with Gasteiger partial charge < -0.3 is 4.90 Å². The van der Waals surface area contributed by atoms with Gasteiger partial charge in [0.05, 0.1) is 6.04 Å². The van der Waals surface area contributed by atoms with E-state index in [1.807, 2.05) is 0 Å². The van der Waals surface area contributed by atoms with Crippen molar-refractivity contribution in [1.29, 1.82) is 0 Å². The molecule has 0 heterocycles. The lowest BCUT2D eigenvalue weighted by atomic mass is 9.62. The fourth-order valence-electron chi connectivity index (χ4n) is 13.2. The van der Waals surface area contributed by atoms with E-state index < -0.39 is 0 Å². The number of hydrogen-bond donors (Lipinski definition) is 0. The Hall–Kier alpha value is -4.62. The summed E-state index contributed by atoms with van der Waals surface area (Å²) in [6.45, 7) is 7.44. The van der Waals surface area contributed by atoms with Gasteiger partial charge in [-0.2, -0.15) is 0 Å². The maximum atomic E-state index is 2.89.